The van der Waals surface area contributed by atoms with E-state index in [4.69, 9.17) is 20.9 Å². The molecule has 0 aliphatic heterocycles. The Balaban J connectivity index is 1.82. The molecular weight excluding hydrogens is 385 g/mol. The Labute approximate surface area is 164 Å². The van der Waals surface area contributed by atoms with E-state index in [1.54, 1.807) is 16.8 Å². The molecule has 1 aromatic carbocycles. The monoisotopic (exact) mass is 399 g/mol. The van der Waals surface area contributed by atoms with Crippen molar-refractivity contribution in [3.63, 3.8) is 0 Å². The third-order valence-corrected chi connectivity index (χ3v) is 4.51. The number of aryl methyl sites for hydroxylation is 1. The number of rotatable bonds is 5. The van der Waals surface area contributed by atoms with Gasteiger partial charge >= 0.3 is 0 Å². The van der Waals surface area contributed by atoms with Gasteiger partial charge in [-0.15, -0.1) is 0 Å². The lowest BCUT2D eigenvalue weighted by Crippen LogP contribution is -2.06. The van der Waals surface area contributed by atoms with E-state index >= 15 is 0 Å². The van der Waals surface area contributed by atoms with E-state index in [-0.39, 0.29) is 16.9 Å². The fourth-order valence-corrected chi connectivity index (χ4v) is 2.96. The minimum atomic E-state index is -0.816. The van der Waals surface area contributed by atoms with Crippen LogP contribution in [-0.2, 0) is 6.54 Å². The average Bonchev–Trinajstić information content (AvgIpc) is 3.35. The SMILES string of the molecule is COc1nc(-c2cc(-c3ccon3)n(Cc3ccccc3C)n2)nc(Cl)c1F. The van der Waals surface area contributed by atoms with Crippen molar-refractivity contribution in [2.45, 2.75) is 13.5 Å². The lowest BCUT2D eigenvalue weighted by Gasteiger charge is -2.08. The fraction of sp³-hybridized carbons (Fsp3) is 0.158. The smallest absolute Gasteiger partial charge is 0.255 e. The second kappa shape index (κ2) is 7.40. The highest BCUT2D eigenvalue weighted by molar-refractivity contribution is 6.29. The number of methoxy groups -OCH3 is 1. The largest absolute Gasteiger partial charge is 0.479 e. The zero-order valence-corrected chi connectivity index (χ0v) is 15.8. The molecule has 28 heavy (non-hydrogen) atoms. The van der Waals surface area contributed by atoms with E-state index in [1.165, 1.54) is 13.4 Å². The molecule has 142 valence electrons. The number of aromatic nitrogens is 5. The van der Waals surface area contributed by atoms with Crippen molar-refractivity contribution in [1.29, 1.82) is 0 Å². The van der Waals surface area contributed by atoms with Crippen LogP contribution in [0.2, 0.25) is 5.15 Å². The van der Waals surface area contributed by atoms with Crippen LogP contribution in [0, 0.1) is 12.7 Å². The third-order valence-electron chi connectivity index (χ3n) is 4.26. The van der Waals surface area contributed by atoms with Gasteiger partial charge < -0.3 is 9.26 Å². The number of hydrogen-bond acceptors (Lipinski definition) is 6. The Bertz CT molecular complexity index is 1130. The standard InChI is InChI=1S/C19H15ClFN5O2/c1-11-5-3-4-6-12(11)10-26-15(13-7-8-28-25-13)9-14(24-26)18-22-17(20)16(21)19(23-18)27-2/h3-9H,10H2,1-2H3. The summed E-state index contributed by atoms with van der Waals surface area (Å²) in [5.74, 6) is -0.910. The highest BCUT2D eigenvalue weighted by Gasteiger charge is 2.20. The molecule has 0 unspecified atom stereocenters. The molecule has 0 saturated carbocycles. The van der Waals surface area contributed by atoms with Crippen LogP contribution in [0.5, 0.6) is 5.88 Å². The van der Waals surface area contributed by atoms with Gasteiger partial charge in [0.25, 0.3) is 5.88 Å². The maximum atomic E-state index is 13.9. The van der Waals surface area contributed by atoms with Gasteiger partial charge in [-0.3, -0.25) is 4.68 Å². The summed E-state index contributed by atoms with van der Waals surface area (Å²) >= 11 is 5.88. The van der Waals surface area contributed by atoms with Crippen molar-refractivity contribution in [3.8, 4) is 28.8 Å². The summed E-state index contributed by atoms with van der Waals surface area (Å²) in [7, 11) is 1.31. The first kappa shape index (κ1) is 18.1. The second-order valence-corrected chi connectivity index (χ2v) is 6.40. The molecule has 4 rings (SSSR count). The highest BCUT2D eigenvalue weighted by Crippen LogP contribution is 2.28. The van der Waals surface area contributed by atoms with Gasteiger partial charge in [0.15, 0.2) is 11.0 Å². The van der Waals surface area contributed by atoms with Crippen LogP contribution >= 0.6 is 11.6 Å². The zero-order valence-electron chi connectivity index (χ0n) is 15.1. The molecule has 0 aliphatic rings. The van der Waals surface area contributed by atoms with Crippen LogP contribution < -0.4 is 4.74 Å². The van der Waals surface area contributed by atoms with Crippen LogP contribution in [0.4, 0.5) is 4.39 Å². The molecular formula is C19H15ClFN5O2. The first-order chi connectivity index (χ1) is 13.6. The summed E-state index contributed by atoms with van der Waals surface area (Å²) in [6.45, 7) is 2.53. The highest BCUT2D eigenvalue weighted by atomic mass is 35.5. The maximum Gasteiger partial charge on any atom is 0.255 e. The second-order valence-electron chi connectivity index (χ2n) is 6.04. The van der Waals surface area contributed by atoms with E-state index in [0.29, 0.717) is 23.6 Å². The van der Waals surface area contributed by atoms with Gasteiger partial charge in [0.1, 0.15) is 17.7 Å². The first-order valence-electron chi connectivity index (χ1n) is 8.37. The molecule has 0 amide bonds. The molecule has 7 nitrogen and oxygen atoms in total. The number of benzene rings is 1. The average molecular weight is 400 g/mol. The Morgan fingerprint density at radius 1 is 1.18 bits per heavy atom. The van der Waals surface area contributed by atoms with Crippen LogP contribution in [0.25, 0.3) is 22.9 Å². The third kappa shape index (κ3) is 3.34. The molecule has 0 bridgehead atoms. The van der Waals surface area contributed by atoms with Crippen LogP contribution in [0.1, 0.15) is 11.1 Å². The first-order valence-corrected chi connectivity index (χ1v) is 8.75. The van der Waals surface area contributed by atoms with E-state index in [1.807, 2.05) is 31.2 Å². The maximum absolute atomic E-state index is 13.9. The van der Waals surface area contributed by atoms with E-state index < -0.39 is 5.82 Å². The Hall–Kier alpha value is -3.26. The lowest BCUT2D eigenvalue weighted by molar-refractivity contribution is 0.368. The zero-order chi connectivity index (χ0) is 19.7. The minimum absolute atomic E-state index is 0.150. The number of halogens is 2. The summed E-state index contributed by atoms with van der Waals surface area (Å²) in [5, 5.41) is 8.25. The Morgan fingerprint density at radius 3 is 2.71 bits per heavy atom. The molecule has 4 aromatic rings. The van der Waals surface area contributed by atoms with Gasteiger partial charge in [0.05, 0.1) is 19.3 Å². The summed E-state index contributed by atoms with van der Waals surface area (Å²) < 4.78 is 25.6. The summed E-state index contributed by atoms with van der Waals surface area (Å²) in [4.78, 5) is 8.06. The van der Waals surface area contributed by atoms with Crippen molar-refractivity contribution in [1.82, 2.24) is 24.9 Å². The molecule has 0 fully saturated rings. The van der Waals surface area contributed by atoms with Gasteiger partial charge in [-0.2, -0.15) is 14.5 Å². The molecule has 0 saturated heterocycles. The summed E-state index contributed by atoms with van der Waals surface area (Å²) in [6.07, 6.45) is 1.48. The summed E-state index contributed by atoms with van der Waals surface area (Å²) in [6, 6.07) is 11.5. The summed E-state index contributed by atoms with van der Waals surface area (Å²) in [5.41, 5.74) is 3.94. The fourth-order valence-electron chi connectivity index (χ4n) is 2.80. The van der Waals surface area contributed by atoms with Gasteiger partial charge in [-0.05, 0) is 24.1 Å². The molecule has 0 N–H and O–H groups in total. The predicted octanol–water partition coefficient (Wildman–Crippen LogP) is 4.15. The van der Waals surface area contributed by atoms with E-state index in [0.717, 1.165) is 11.1 Å². The number of nitrogens with zero attached hydrogens (tertiary/aromatic N) is 5. The van der Waals surface area contributed by atoms with E-state index in [2.05, 4.69) is 20.2 Å². The van der Waals surface area contributed by atoms with Crippen LogP contribution in [0.3, 0.4) is 0 Å². The Kier molecular flexibility index (Phi) is 4.79. The molecule has 3 heterocycles. The molecule has 0 radical (unpaired) electrons. The van der Waals surface area contributed by atoms with Crippen molar-refractivity contribution in [2.75, 3.05) is 7.11 Å². The normalized spacial score (nSPS) is 11.0. The van der Waals surface area contributed by atoms with Gasteiger partial charge in [0, 0.05) is 6.07 Å². The Morgan fingerprint density at radius 2 is 2.00 bits per heavy atom. The topological polar surface area (TPSA) is 78.9 Å². The van der Waals surface area contributed by atoms with Gasteiger partial charge in [0.2, 0.25) is 5.82 Å². The molecule has 3 aromatic heterocycles. The van der Waals surface area contributed by atoms with Crippen molar-refractivity contribution in [3.05, 3.63) is 64.8 Å². The van der Waals surface area contributed by atoms with Crippen molar-refractivity contribution < 1.29 is 13.7 Å². The lowest BCUT2D eigenvalue weighted by atomic mass is 10.1. The quantitative estimate of drug-likeness (QED) is 0.469. The molecule has 0 atom stereocenters. The van der Waals surface area contributed by atoms with E-state index in [9.17, 15) is 4.39 Å². The number of ether oxygens (including phenoxy) is 1. The minimum Gasteiger partial charge on any atom is -0.479 e. The van der Waals surface area contributed by atoms with Crippen molar-refractivity contribution >= 4 is 11.6 Å². The van der Waals surface area contributed by atoms with Crippen molar-refractivity contribution in [2.24, 2.45) is 0 Å². The predicted molar refractivity (Wildman–Crippen MR) is 101 cm³/mol. The molecule has 0 spiro atoms. The molecule has 9 heteroatoms. The van der Waals surface area contributed by atoms with Gasteiger partial charge in [-0.1, -0.05) is 41.0 Å². The number of hydrogen-bond donors (Lipinski definition) is 0. The van der Waals surface area contributed by atoms with Crippen LogP contribution in [0.15, 0.2) is 47.2 Å². The van der Waals surface area contributed by atoms with Crippen LogP contribution in [-0.4, -0.2) is 32.0 Å². The molecule has 0 aliphatic carbocycles. The van der Waals surface area contributed by atoms with Gasteiger partial charge in [-0.25, -0.2) is 4.98 Å².